The highest BCUT2D eigenvalue weighted by Crippen LogP contribution is 2.29. The maximum absolute atomic E-state index is 5.98. The van der Waals surface area contributed by atoms with Crippen LogP contribution < -0.4 is 5.73 Å². The van der Waals surface area contributed by atoms with Crippen LogP contribution in [0.25, 0.3) is 0 Å². The molecule has 3 nitrogen and oxygen atoms in total. The largest absolute Gasteiger partial charge is 0.381 e. The molecule has 1 saturated heterocycles. The minimum absolute atomic E-state index is 0.193. The molecule has 0 aromatic rings. The molecular formula is C14H30N2O. The van der Waals surface area contributed by atoms with Gasteiger partial charge in [0.25, 0.3) is 0 Å². The molecule has 0 bridgehead atoms. The monoisotopic (exact) mass is 242 g/mol. The number of hydrogen-bond acceptors (Lipinski definition) is 3. The maximum atomic E-state index is 5.98. The average Bonchev–Trinajstić information content (AvgIpc) is 2.29. The number of nitrogens with zero attached hydrogens (tertiary/aromatic N) is 1. The molecule has 2 N–H and O–H groups in total. The van der Waals surface area contributed by atoms with Gasteiger partial charge in [0.15, 0.2) is 0 Å². The SMILES string of the molecule is CC(C)CC(C)N(C)CC1(CN)CCCOC1. The molecule has 0 amide bonds. The van der Waals surface area contributed by atoms with E-state index in [9.17, 15) is 0 Å². The highest BCUT2D eigenvalue weighted by atomic mass is 16.5. The first-order chi connectivity index (χ1) is 7.99. The fourth-order valence-corrected chi connectivity index (χ4v) is 2.81. The maximum Gasteiger partial charge on any atom is 0.0546 e. The van der Waals surface area contributed by atoms with Crippen LogP contribution in [0.2, 0.25) is 0 Å². The van der Waals surface area contributed by atoms with Crippen molar-refractivity contribution >= 4 is 0 Å². The number of hydrogen-bond donors (Lipinski definition) is 1. The van der Waals surface area contributed by atoms with Crippen molar-refractivity contribution in [2.24, 2.45) is 17.1 Å². The van der Waals surface area contributed by atoms with E-state index >= 15 is 0 Å². The van der Waals surface area contributed by atoms with Gasteiger partial charge >= 0.3 is 0 Å². The van der Waals surface area contributed by atoms with E-state index in [-0.39, 0.29) is 5.41 Å². The van der Waals surface area contributed by atoms with Crippen molar-refractivity contribution in [2.45, 2.75) is 46.1 Å². The van der Waals surface area contributed by atoms with Crippen LogP contribution in [0.1, 0.15) is 40.0 Å². The van der Waals surface area contributed by atoms with Gasteiger partial charge in [0.05, 0.1) is 6.61 Å². The molecule has 1 fully saturated rings. The van der Waals surface area contributed by atoms with Crippen molar-refractivity contribution in [1.29, 1.82) is 0 Å². The van der Waals surface area contributed by atoms with Crippen LogP contribution in [-0.2, 0) is 4.74 Å². The second-order valence-corrected chi connectivity index (χ2v) is 6.25. The molecule has 0 aromatic carbocycles. The zero-order chi connectivity index (χ0) is 12.9. The summed E-state index contributed by atoms with van der Waals surface area (Å²) in [6, 6.07) is 0.625. The zero-order valence-corrected chi connectivity index (χ0v) is 12.0. The summed E-state index contributed by atoms with van der Waals surface area (Å²) in [6.45, 7) is 10.4. The molecule has 0 radical (unpaired) electrons. The predicted molar refractivity (Wildman–Crippen MR) is 73.1 cm³/mol. The molecule has 102 valence electrons. The van der Waals surface area contributed by atoms with E-state index in [1.165, 1.54) is 12.8 Å². The number of ether oxygens (including phenoxy) is 1. The third-order valence-electron chi connectivity index (χ3n) is 3.99. The number of nitrogens with two attached hydrogens (primary N) is 1. The number of rotatable bonds is 6. The molecule has 0 aromatic heterocycles. The van der Waals surface area contributed by atoms with Gasteiger partial charge in [-0.25, -0.2) is 0 Å². The van der Waals surface area contributed by atoms with E-state index in [1.54, 1.807) is 0 Å². The first-order valence-corrected chi connectivity index (χ1v) is 6.97. The van der Waals surface area contributed by atoms with Crippen molar-refractivity contribution < 1.29 is 4.74 Å². The van der Waals surface area contributed by atoms with Gasteiger partial charge < -0.3 is 15.4 Å². The van der Waals surface area contributed by atoms with Gasteiger partial charge in [-0.1, -0.05) is 13.8 Å². The minimum Gasteiger partial charge on any atom is -0.381 e. The summed E-state index contributed by atoms with van der Waals surface area (Å²) in [5.41, 5.74) is 6.17. The van der Waals surface area contributed by atoms with Gasteiger partial charge in [0.1, 0.15) is 0 Å². The van der Waals surface area contributed by atoms with Gasteiger partial charge in [0, 0.05) is 31.2 Å². The minimum atomic E-state index is 0.193. The summed E-state index contributed by atoms with van der Waals surface area (Å²) in [4.78, 5) is 2.46. The molecule has 1 aliphatic heterocycles. The summed E-state index contributed by atoms with van der Waals surface area (Å²) in [7, 11) is 2.22. The van der Waals surface area contributed by atoms with Gasteiger partial charge in [-0.05, 0) is 39.2 Å². The van der Waals surface area contributed by atoms with Crippen LogP contribution in [0.4, 0.5) is 0 Å². The van der Waals surface area contributed by atoms with Gasteiger partial charge in [-0.3, -0.25) is 0 Å². The highest BCUT2D eigenvalue weighted by molar-refractivity contribution is 4.86. The molecular weight excluding hydrogens is 212 g/mol. The van der Waals surface area contributed by atoms with Gasteiger partial charge in [-0.15, -0.1) is 0 Å². The van der Waals surface area contributed by atoms with Crippen molar-refractivity contribution in [3.05, 3.63) is 0 Å². The summed E-state index contributed by atoms with van der Waals surface area (Å²) >= 11 is 0. The Morgan fingerprint density at radius 3 is 2.53 bits per heavy atom. The Hall–Kier alpha value is -0.120. The molecule has 1 aliphatic rings. The van der Waals surface area contributed by atoms with Gasteiger partial charge in [-0.2, -0.15) is 0 Å². The highest BCUT2D eigenvalue weighted by Gasteiger charge is 2.33. The van der Waals surface area contributed by atoms with E-state index in [4.69, 9.17) is 10.5 Å². The van der Waals surface area contributed by atoms with Crippen LogP contribution in [0, 0.1) is 11.3 Å². The standard InChI is InChI=1S/C14H30N2O/c1-12(2)8-13(3)16(4)10-14(9-15)6-5-7-17-11-14/h12-13H,5-11,15H2,1-4H3. The Balaban J connectivity index is 2.49. The lowest BCUT2D eigenvalue weighted by molar-refractivity contribution is -0.0239. The third kappa shape index (κ3) is 4.57. The second-order valence-electron chi connectivity index (χ2n) is 6.25. The summed E-state index contributed by atoms with van der Waals surface area (Å²) in [6.07, 6.45) is 3.61. The topological polar surface area (TPSA) is 38.5 Å². The molecule has 0 spiro atoms. The van der Waals surface area contributed by atoms with Crippen LogP contribution >= 0.6 is 0 Å². The lowest BCUT2D eigenvalue weighted by atomic mass is 9.81. The molecule has 0 saturated carbocycles. The molecule has 17 heavy (non-hydrogen) atoms. The van der Waals surface area contributed by atoms with E-state index < -0.39 is 0 Å². The Morgan fingerprint density at radius 1 is 1.35 bits per heavy atom. The van der Waals surface area contributed by atoms with E-state index in [1.807, 2.05) is 0 Å². The van der Waals surface area contributed by atoms with Crippen LogP contribution in [-0.4, -0.2) is 44.3 Å². The summed E-state index contributed by atoms with van der Waals surface area (Å²) < 4.78 is 5.63. The second kappa shape index (κ2) is 6.72. The smallest absolute Gasteiger partial charge is 0.0546 e. The third-order valence-corrected chi connectivity index (χ3v) is 3.99. The lowest BCUT2D eigenvalue weighted by Gasteiger charge is -2.41. The van der Waals surface area contributed by atoms with E-state index in [0.717, 1.165) is 38.6 Å². The molecule has 2 unspecified atom stereocenters. The van der Waals surface area contributed by atoms with Crippen molar-refractivity contribution in [1.82, 2.24) is 4.90 Å². The first kappa shape index (κ1) is 14.9. The fourth-order valence-electron chi connectivity index (χ4n) is 2.81. The Morgan fingerprint density at radius 2 is 2.06 bits per heavy atom. The lowest BCUT2D eigenvalue weighted by Crippen LogP contribution is -2.48. The van der Waals surface area contributed by atoms with Crippen molar-refractivity contribution in [2.75, 3.05) is 33.4 Å². The zero-order valence-electron chi connectivity index (χ0n) is 12.0. The summed E-state index contributed by atoms with van der Waals surface area (Å²) in [5.74, 6) is 0.754. The average molecular weight is 242 g/mol. The molecule has 2 atom stereocenters. The van der Waals surface area contributed by atoms with E-state index in [0.29, 0.717) is 6.04 Å². The van der Waals surface area contributed by atoms with Crippen LogP contribution in [0.5, 0.6) is 0 Å². The molecule has 1 heterocycles. The van der Waals surface area contributed by atoms with Crippen LogP contribution in [0.3, 0.4) is 0 Å². The quantitative estimate of drug-likeness (QED) is 0.775. The first-order valence-electron chi connectivity index (χ1n) is 6.97. The Kier molecular flexibility index (Phi) is 5.90. The molecule has 0 aliphatic carbocycles. The van der Waals surface area contributed by atoms with Crippen molar-refractivity contribution in [3.63, 3.8) is 0 Å². The van der Waals surface area contributed by atoms with Crippen molar-refractivity contribution in [3.8, 4) is 0 Å². The van der Waals surface area contributed by atoms with Crippen LogP contribution in [0.15, 0.2) is 0 Å². The molecule has 3 heteroatoms. The normalized spacial score (nSPS) is 27.7. The Bertz CT molecular complexity index is 212. The predicted octanol–water partition coefficient (Wildman–Crippen LogP) is 2.11. The van der Waals surface area contributed by atoms with E-state index in [2.05, 4.69) is 32.7 Å². The molecule has 1 rings (SSSR count). The summed E-state index contributed by atoms with van der Waals surface area (Å²) in [5, 5.41) is 0. The van der Waals surface area contributed by atoms with Gasteiger partial charge in [0.2, 0.25) is 0 Å². The Labute approximate surface area is 107 Å². The fraction of sp³-hybridized carbons (Fsp3) is 1.00.